The first-order valence-electron chi connectivity index (χ1n) is 4.73. The Morgan fingerprint density at radius 2 is 2.12 bits per heavy atom. The van der Waals surface area contributed by atoms with Crippen molar-refractivity contribution in [2.45, 2.75) is 18.6 Å². The maximum absolute atomic E-state index is 10.7. The van der Waals surface area contributed by atoms with Crippen molar-refractivity contribution < 1.29 is 20.1 Å². The molecule has 0 saturated carbocycles. The molecular weight excluding hydrogens is 246 g/mol. The predicted molar refractivity (Wildman–Crippen MR) is 59.6 cm³/mol. The fourth-order valence-electron chi connectivity index (χ4n) is 1.32. The summed E-state index contributed by atoms with van der Waals surface area (Å²) in [4.78, 5) is 10.7. The zero-order valence-electron chi connectivity index (χ0n) is 8.67. The molecule has 5 nitrogen and oxygen atoms in total. The molecule has 90 valence electrons. The van der Waals surface area contributed by atoms with Gasteiger partial charge in [0.05, 0.1) is 24.2 Å². The average Bonchev–Trinajstić information content (AvgIpc) is 2.28. The van der Waals surface area contributed by atoms with Gasteiger partial charge in [-0.3, -0.25) is 0 Å². The van der Waals surface area contributed by atoms with Crippen molar-refractivity contribution in [1.82, 2.24) is 0 Å². The number of carboxylic acid groups (broad SMARTS) is 1. The van der Waals surface area contributed by atoms with Gasteiger partial charge in [-0.25, -0.2) is 4.79 Å². The Morgan fingerprint density at radius 1 is 1.47 bits per heavy atom. The molecule has 0 fully saturated rings. The molecule has 0 bridgehead atoms. The third-order valence-electron chi connectivity index (χ3n) is 2.23. The quantitative estimate of drug-likeness (QED) is 0.754. The van der Waals surface area contributed by atoms with Crippen LogP contribution in [0.5, 0.6) is 0 Å². The summed E-state index contributed by atoms with van der Waals surface area (Å²) in [6.07, 6.45) is -2.96. The van der Waals surface area contributed by atoms with Crippen molar-refractivity contribution in [2.24, 2.45) is 0 Å². The first-order chi connectivity index (χ1) is 7.97. The molecule has 0 amide bonds. The topological polar surface area (TPSA) is 102 Å². The molecule has 0 aliphatic carbocycles. The van der Waals surface area contributed by atoms with Gasteiger partial charge in [-0.05, 0) is 18.2 Å². The van der Waals surface area contributed by atoms with E-state index in [1.54, 1.807) is 6.07 Å². The number of hydrogen-bond acceptors (Lipinski definition) is 4. The van der Waals surface area contributed by atoms with Crippen molar-refractivity contribution in [2.75, 3.05) is 0 Å². The second-order valence-corrected chi connectivity index (χ2v) is 3.82. The van der Waals surface area contributed by atoms with Gasteiger partial charge in [-0.1, -0.05) is 11.6 Å². The number of rotatable bonds is 4. The van der Waals surface area contributed by atoms with Gasteiger partial charge in [0.25, 0.3) is 0 Å². The molecule has 0 heterocycles. The molecule has 0 aliphatic heterocycles. The number of aliphatic hydroxyl groups is 2. The van der Waals surface area contributed by atoms with E-state index in [-0.39, 0.29) is 22.6 Å². The standard InChI is InChI=1S/C11H10ClNO4/c12-8-2-1-6(11(16)17)5-7(8)10(15)9(14)3-4-13/h1-2,5,9-10,14-15H,3H2,(H,16,17). The van der Waals surface area contributed by atoms with Crippen LogP contribution in [0.3, 0.4) is 0 Å². The largest absolute Gasteiger partial charge is 0.478 e. The highest BCUT2D eigenvalue weighted by Gasteiger charge is 2.21. The van der Waals surface area contributed by atoms with Gasteiger partial charge in [0.15, 0.2) is 0 Å². The lowest BCUT2D eigenvalue weighted by atomic mass is 10.0. The molecule has 0 aromatic heterocycles. The molecule has 6 heteroatoms. The van der Waals surface area contributed by atoms with E-state index < -0.39 is 18.2 Å². The summed E-state index contributed by atoms with van der Waals surface area (Å²) in [6.45, 7) is 0. The lowest BCUT2D eigenvalue weighted by molar-refractivity contribution is 0.0216. The van der Waals surface area contributed by atoms with Crippen LogP contribution < -0.4 is 0 Å². The summed E-state index contributed by atoms with van der Waals surface area (Å²) in [7, 11) is 0. The highest BCUT2D eigenvalue weighted by molar-refractivity contribution is 6.31. The van der Waals surface area contributed by atoms with Gasteiger partial charge in [0.1, 0.15) is 6.10 Å². The molecule has 0 aliphatic rings. The molecule has 3 N–H and O–H groups in total. The summed E-state index contributed by atoms with van der Waals surface area (Å²) in [5.74, 6) is -1.16. The number of benzene rings is 1. The first-order valence-corrected chi connectivity index (χ1v) is 5.11. The average molecular weight is 256 g/mol. The highest BCUT2D eigenvalue weighted by atomic mass is 35.5. The lowest BCUT2D eigenvalue weighted by Crippen LogP contribution is -2.18. The third kappa shape index (κ3) is 3.17. The number of aromatic carboxylic acids is 1. The van der Waals surface area contributed by atoms with Crippen LogP contribution in [0.1, 0.15) is 28.4 Å². The molecule has 0 spiro atoms. The summed E-state index contributed by atoms with van der Waals surface area (Å²) in [5, 5.41) is 36.5. The molecule has 0 saturated heterocycles. The summed E-state index contributed by atoms with van der Waals surface area (Å²) in [5.41, 5.74) is 0.0434. The van der Waals surface area contributed by atoms with Crippen molar-refractivity contribution >= 4 is 17.6 Å². The van der Waals surface area contributed by atoms with Crippen molar-refractivity contribution in [3.8, 4) is 6.07 Å². The normalized spacial score (nSPS) is 13.8. The van der Waals surface area contributed by atoms with Gasteiger partial charge < -0.3 is 15.3 Å². The third-order valence-corrected chi connectivity index (χ3v) is 2.57. The number of hydrogen-bond donors (Lipinski definition) is 3. The van der Waals surface area contributed by atoms with Crippen LogP contribution in [0.4, 0.5) is 0 Å². The molecule has 0 radical (unpaired) electrons. The van der Waals surface area contributed by atoms with E-state index in [0.717, 1.165) is 0 Å². The van der Waals surface area contributed by atoms with E-state index in [2.05, 4.69) is 0 Å². The minimum Gasteiger partial charge on any atom is -0.478 e. The van der Waals surface area contributed by atoms with Gasteiger partial charge in [0, 0.05) is 10.6 Å². The first kappa shape index (κ1) is 13.5. The molecule has 1 aromatic carbocycles. The molecule has 1 aromatic rings. The van der Waals surface area contributed by atoms with E-state index in [1.165, 1.54) is 18.2 Å². The summed E-state index contributed by atoms with van der Waals surface area (Å²) < 4.78 is 0. The van der Waals surface area contributed by atoms with Crippen LogP contribution in [0, 0.1) is 11.3 Å². The second kappa shape index (κ2) is 5.64. The van der Waals surface area contributed by atoms with Crippen molar-refractivity contribution in [1.29, 1.82) is 5.26 Å². The Labute approximate surface area is 102 Å². The fraction of sp³-hybridized carbons (Fsp3) is 0.273. The second-order valence-electron chi connectivity index (χ2n) is 3.42. The molecule has 1 rings (SSSR count). The van der Waals surface area contributed by atoms with E-state index in [4.69, 9.17) is 22.0 Å². The van der Waals surface area contributed by atoms with Crippen LogP contribution in [0.25, 0.3) is 0 Å². The van der Waals surface area contributed by atoms with Gasteiger partial charge >= 0.3 is 5.97 Å². The number of aliphatic hydroxyl groups excluding tert-OH is 2. The maximum Gasteiger partial charge on any atom is 0.335 e. The lowest BCUT2D eigenvalue weighted by Gasteiger charge is -2.17. The summed E-state index contributed by atoms with van der Waals surface area (Å²) >= 11 is 5.79. The van der Waals surface area contributed by atoms with Crippen LogP contribution in [-0.2, 0) is 0 Å². The Balaban J connectivity index is 3.08. The molecule has 2 atom stereocenters. The van der Waals surface area contributed by atoms with Gasteiger partial charge in [-0.15, -0.1) is 0 Å². The predicted octanol–water partition coefficient (Wildman–Crippen LogP) is 1.35. The molecular formula is C11H10ClNO4. The Bertz CT molecular complexity index is 469. The minimum absolute atomic E-state index is 0.0485. The molecule has 2 unspecified atom stereocenters. The smallest absolute Gasteiger partial charge is 0.335 e. The minimum atomic E-state index is -1.39. The Kier molecular flexibility index (Phi) is 4.46. The van der Waals surface area contributed by atoms with Crippen molar-refractivity contribution in [3.05, 3.63) is 34.3 Å². The Hall–Kier alpha value is -1.61. The van der Waals surface area contributed by atoms with Crippen LogP contribution in [0.15, 0.2) is 18.2 Å². The van der Waals surface area contributed by atoms with Crippen LogP contribution in [0.2, 0.25) is 5.02 Å². The number of carboxylic acids is 1. The SMILES string of the molecule is N#CCC(O)C(O)c1cc(C(=O)O)ccc1Cl. The number of nitrogens with zero attached hydrogens (tertiary/aromatic N) is 1. The van der Waals surface area contributed by atoms with Crippen LogP contribution in [-0.4, -0.2) is 27.4 Å². The van der Waals surface area contributed by atoms with Gasteiger partial charge in [-0.2, -0.15) is 5.26 Å². The Morgan fingerprint density at radius 3 is 2.65 bits per heavy atom. The van der Waals surface area contributed by atoms with E-state index in [1.807, 2.05) is 0 Å². The highest BCUT2D eigenvalue weighted by Crippen LogP contribution is 2.27. The van der Waals surface area contributed by atoms with E-state index in [9.17, 15) is 15.0 Å². The van der Waals surface area contributed by atoms with Crippen LogP contribution >= 0.6 is 11.6 Å². The van der Waals surface area contributed by atoms with E-state index in [0.29, 0.717) is 0 Å². The van der Waals surface area contributed by atoms with Gasteiger partial charge in [0.2, 0.25) is 0 Å². The zero-order chi connectivity index (χ0) is 13.0. The number of carbonyl (C=O) groups is 1. The fourth-order valence-corrected chi connectivity index (χ4v) is 1.55. The maximum atomic E-state index is 10.7. The monoisotopic (exact) mass is 255 g/mol. The van der Waals surface area contributed by atoms with Crippen molar-refractivity contribution in [3.63, 3.8) is 0 Å². The summed E-state index contributed by atoms with van der Waals surface area (Å²) in [6, 6.07) is 5.49. The van der Waals surface area contributed by atoms with E-state index >= 15 is 0 Å². The molecule has 17 heavy (non-hydrogen) atoms. The zero-order valence-corrected chi connectivity index (χ0v) is 9.42. The number of halogens is 1. The number of nitriles is 1.